The van der Waals surface area contributed by atoms with Crippen molar-refractivity contribution in [2.45, 2.75) is 38.3 Å². The molecule has 4 amide bonds. The van der Waals surface area contributed by atoms with E-state index in [1.54, 1.807) is 11.9 Å². The topological polar surface area (TPSA) is 70.2 Å². The molecule has 140 valence electrons. The fourth-order valence-electron chi connectivity index (χ4n) is 3.40. The number of likely N-dealkylation sites (N-methyl/N-ethyl adjacent to an activating group) is 2. The average Bonchev–Trinajstić information content (AvgIpc) is 2.82. The number of imide groups is 1. The molecule has 1 atom stereocenters. The highest BCUT2D eigenvalue weighted by Gasteiger charge is 2.42. The molecule has 0 spiro atoms. The van der Waals surface area contributed by atoms with Gasteiger partial charge in [-0.2, -0.15) is 0 Å². The number of nitrogens with zero attached hydrogens (tertiary/aromatic N) is 3. The molecule has 2 heterocycles. The second-order valence-corrected chi connectivity index (χ2v) is 7.02. The highest BCUT2D eigenvalue weighted by molar-refractivity contribution is 6.05. The summed E-state index contributed by atoms with van der Waals surface area (Å²) in [5, 5.41) is 0. The van der Waals surface area contributed by atoms with Crippen molar-refractivity contribution in [2.75, 3.05) is 27.2 Å². The third-order valence-corrected chi connectivity index (χ3v) is 5.16. The van der Waals surface area contributed by atoms with E-state index in [4.69, 9.17) is 4.74 Å². The molecule has 2 saturated heterocycles. The molecule has 2 aliphatic rings. The number of aryl methyl sites for hydroxylation is 1. The summed E-state index contributed by atoms with van der Waals surface area (Å²) in [6, 6.07) is 6.90. The van der Waals surface area contributed by atoms with Crippen molar-refractivity contribution in [2.24, 2.45) is 0 Å². The van der Waals surface area contributed by atoms with Crippen molar-refractivity contribution in [1.29, 1.82) is 0 Å². The number of ether oxygens (including phenoxy) is 1. The van der Waals surface area contributed by atoms with E-state index in [0.717, 1.165) is 23.5 Å². The molecule has 7 nitrogen and oxygen atoms in total. The SMILES string of the molecule is Cc1ccc(OC2CCN(C(=O)C[C@H]3C(=O)N(C)C(=O)N3C)CC2)cc1. The first-order chi connectivity index (χ1) is 12.4. The second-order valence-electron chi connectivity index (χ2n) is 7.02. The lowest BCUT2D eigenvalue weighted by Crippen LogP contribution is -2.44. The standard InChI is InChI=1S/C19H25N3O4/c1-13-4-6-14(7-5-13)26-15-8-10-22(11-9-15)17(23)12-16-18(24)21(3)19(25)20(16)2/h4-7,15-16H,8-12H2,1-3H3/t16-/m0/s1. The van der Waals surface area contributed by atoms with Crippen LogP contribution in [0, 0.1) is 6.92 Å². The molecule has 3 rings (SSSR count). The van der Waals surface area contributed by atoms with Gasteiger partial charge in [-0.25, -0.2) is 4.79 Å². The lowest BCUT2D eigenvalue weighted by Gasteiger charge is -2.33. The molecule has 7 heteroatoms. The van der Waals surface area contributed by atoms with Crippen LogP contribution in [0.25, 0.3) is 0 Å². The maximum atomic E-state index is 12.5. The van der Waals surface area contributed by atoms with Gasteiger partial charge in [0, 0.05) is 40.0 Å². The largest absolute Gasteiger partial charge is 0.490 e. The predicted molar refractivity (Wildman–Crippen MR) is 95.7 cm³/mol. The molecule has 1 aromatic rings. The van der Waals surface area contributed by atoms with Gasteiger partial charge < -0.3 is 14.5 Å². The summed E-state index contributed by atoms with van der Waals surface area (Å²) in [6.45, 7) is 3.24. The minimum absolute atomic E-state index is 0.0366. The summed E-state index contributed by atoms with van der Waals surface area (Å²) < 4.78 is 5.98. The van der Waals surface area contributed by atoms with Crippen molar-refractivity contribution in [3.8, 4) is 5.75 Å². The van der Waals surface area contributed by atoms with E-state index in [2.05, 4.69) is 0 Å². The van der Waals surface area contributed by atoms with Gasteiger partial charge in [-0.1, -0.05) is 17.7 Å². The minimum Gasteiger partial charge on any atom is -0.490 e. The Balaban J connectivity index is 1.50. The normalized spacial score (nSPS) is 21.5. The molecule has 0 N–H and O–H groups in total. The number of benzene rings is 1. The molecule has 0 aromatic heterocycles. The Bertz CT molecular complexity index is 695. The Morgan fingerprint density at radius 1 is 1.12 bits per heavy atom. The van der Waals surface area contributed by atoms with E-state index < -0.39 is 6.04 Å². The number of hydrogen-bond donors (Lipinski definition) is 0. The first kappa shape index (κ1) is 18.2. The summed E-state index contributed by atoms with van der Waals surface area (Å²) >= 11 is 0. The lowest BCUT2D eigenvalue weighted by atomic mass is 10.1. The summed E-state index contributed by atoms with van der Waals surface area (Å²) in [7, 11) is 3.00. The Hall–Kier alpha value is -2.57. The van der Waals surface area contributed by atoms with Crippen LogP contribution >= 0.6 is 0 Å². The van der Waals surface area contributed by atoms with Crippen molar-refractivity contribution in [3.63, 3.8) is 0 Å². The number of hydrogen-bond acceptors (Lipinski definition) is 4. The highest BCUT2D eigenvalue weighted by atomic mass is 16.5. The van der Waals surface area contributed by atoms with Crippen molar-refractivity contribution in [3.05, 3.63) is 29.8 Å². The van der Waals surface area contributed by atoms with Crippen molar-refractivity contribution < 1.29 is 19.1 Å². The van der Waals surface area contributed by atoms with Gasteiger partial charge in [0.2, 0.25) is 5.91 Å². The van der Waals surface area contributed by atoms with E-state index in [9.17, 15) is 14.4 Å². The number of carbonyl (C=O) groups excluding carboxylic acids is 3. The van der Waals surface area contributed by atoms with Crippen LogP contribution in [0.1, 0.15) is 24.8 Å². The van der Waals surface area contributed by atoms with E-state index in [1.165, 1.54) is 17.5 Å². The monoisotopic (exact) mass is 359 g/mol. The maximum absolute atomic E-state index is 12.5. The summed E-state index contributed by atoms with van der Waals surface area (Å²) in [6.07, 6.45) is 1.64. The van der Waals surface area contributed by atoms with Gasteiger partial charge >= 0.3 is 6.03 Å². The summed E-state index contributed by atoms with van der Waals surface area (Å²) in [4.78, 5) is 40.6. The zero-order valence-electron chi connectivity index (χ0n) is 15.5. The Labute approximate surface area is 153 Å². The quantitative estimate of drug-likeness (QED) is 0.767. The minimum atomic E-state index is -0.693. The zero-order valence-corrected chi connectivity index (χ0v) is 15.5. The third-order valence-electron chi connectivity index (χ3n) is 5.16. The molecule has 26 heavy (non-hydrogen) atoms. The molecule has 0 aliphatic carbocycles. The molecule has 2 aliphatic heterocycles. The fraction of sp³-hybridized carbons (Fsp3) is 0.526. The molecule has 0 unspecified atom stereocenters. The van der Waals surface area contributed by atoms with Gasteiger partial charge in [0.05, 0.1) is 6.42 Å². The first-order valence-corrected chi connectivity index (χ1v) is 8.92. The predicted octanol–water partition coefficient (Wildman–Crippen LogP) is 1.65. The van der Waals surface area contributed by atoms with Gasteiger partial charge in [-0.05, 0) is 19.1 Å². The third kappa shape index (κ3) is 3.66. The van der Waals surface area contributed by atoms with Crippen molar-refractivity contribution in [1.82, 2.24) is 14.7 Å². The Morgan fingerprint density at radius 3 is 2.27 bits per heavy atom. The second kappa shape index (κ2) is 7.35. The summed E-state index contributed by atoms with van der Waals surface area (Å²) in [5.74, 6) is 0.440. The lowest BCUT2D eigenvalue weighted by molar-refractivity contribution is -0.137. The number of piperidine rings is 1. The smallest absolute Gasteiger partial charge is 0.326 e. The zero-order chi connectivity index (χ0) is 18.8. The summed E-state index contributed by atoms with van der Waals surface area (Å²) in [5.41, 5.74) is 1.19. The van der Waals surface area contributed by atoms with E-state index in [-0.39, 0.29) is 30.4 Å². The Morgan fingerprint density at radius 2 is 1.73 bits per heavy atom. The van der Waals surface area contributed by atoms with Crippen LogP contribution in [0.3, 0.4) is 0 Å². The molecular formula is C19H25N3O4. The maximum Gasteiger partial charge on any atom is 0.326 e. The molecule has 0 bridgehead atoms. The van der Waals surface area contributed by atoms with E-state index >= 15 is 0 Å². The van der Waals surface area contributed by atoms with Crippen LogP contribution in [-0.4, -0.2) is 71.9 Å². The Kier molecular flexibility index (Phi) is 5.15. The number of amides is 4. The van der Waals surface area contributed by atoms with Crippen LogP contribution in [0.5, 0.6) is 5.75 Å². The van der Waals surface area contributed by atoms with Crippen LogP contribution in [0.2, 0.25) is 0 Å². The fourth-order valence-corrected chi connectivity index (χ4v) is 3.40. The van der Waals surface area contributed by atoms with Gasteiger partial charge in [0.15, 0.2) is 0 Å². The van der Waals surface area contributed by atoms with Gasteiger partial charge in [-0.3, -0.25) is 14.5 Å². The number of urea groups is 1. The number of rotatable bonds is 4. The van der Waals surface area contributed by atoms with Crippen LogP contribution in [0.15, 0.2) is 24.3 Å². The van der Waals surface area contributed by atoms with Crippen LogP contribution in [-0.2, 0) is 9.59 Å². The van der Waals surface area contributed by atoms with Crippen molar-refractivity contribution >= 4 is 17.8 Å². The molecule has 0 radical (unpaired) electrons. The van der Waals surface area contributed by atoms with Gasteiger partial charge in [0.25, 0.3) is 5.91 Å². The van der Waals surface area contributed by atoms with Gasteiger partial charge in [0.1, 0.15) is 17.9 Å². The molecule has 0 saturated carbocycles. The van der Waals surface area contributed by atoms with Gasteiger partial charge in [-0.15, -0.1) is 0 Å². The average molecular weight is 359 g/mol. The molecule has 1 aromatic carbocycles. The number of carbonyl (C=O) groups is 3. The van der Waals surface area contributed by atoms with Crippen LogP contribution < -0.4 is 4.74 Å². The number of likely N-dealkylation sites (tertiary alicyclic amines) is 1. The van der Waals surface area contributed by atoms with E-state index in [0.29, 0.717) is 13.1 Å². The molecular weight excluding hydrogens is 334 g/mol. The van der Waals surface area contributed by atoms with Crippen LogP contribution in [0.4, 0.5) is 4.79 Å². The molecule has 2 fully saturated rings. The first-order valence-electron chi connectivity index (χ1n) is 8.92. The highest BCUT2D eigenvalue weighted by Crippen LogP contribution is 2.22. The van der Waals surface area contributed by atoms with E-state index in [1.807, 2.05) is 31.2 Å².